The first-order chi connectivity index (χ1) is 26.9. The Kier molecular flexibility index (Phi) is 13.8. The lowest BCUT2D eigenvalue weighted by molar-refractivity contribution is -0.157. The van der Waals surface area contributed by atoms with Crippen LogP contribution in [0.2, 0.25) is 0 Å². The van der Waals surface area contributed by atoms with Gasteiger partial charge in [-0.15, -0.1) is 0 Å². The third-order valence-corrected chi connectivity index (χ3v) is 7.69. The number of fused-ring (bicyclic) bond motifs is 1. The summed E-state index contributed by atoms with van der Waals surface area (Å²) in [7, 11) is 0. The van der Waals surface area contributed by atoms with Gasteiger partial charge in [0, 0.05) is 17.5 Å². The third kappa shape index (κ3) is 13.9. The Morgan fingerprint density at radius 2 is 1.21 bits per heavy atom. The van der Waals surface area contributed by atoms with Gasteiger partial charge in [-0.1, -0.05) is 36.4 Å². The van der Waals surface area contributed by atoms with Gasteiger partial charge in [-0.3, -0.25) is 20.2 Å². The summed E-state index contributed by atoms with van der Waals surface area (Å²) >= 11 is 0. The fourth-order valence-corrected chi connectivity index (χ4v) is 5.29. The lowest BCUT2D eigenvalue weighted by atomic mass is 10.0. The van der Waals surface area contributed by atoms with Crippen LogP contribution >= 0.6 is 0 Å². The molecule has 0 saturated heterocycles. The smallest absolute Gasteiger partial charge is 0.414 e. The molecule has 0 bridgehead atoms. The van der Waals surface area contributed by atoms with E-state index in [9.17, 15) is 28.8 Å². The molecule has 4 aromatic carbocycles. The number of alkyl carbamates (subject to hydrolysis) is 2. The predicted octanol–water partition coefficient (Wildman–Crippen LogP) is 7.98. The maximum atomic E-state index is 13.7. The molecule has 0 aromatic heterocycles. The number of ether oxygens (including phenoxy) is 4. The van der Waals surface area contributed by atoms with Gasteiger partial charge in [0.15, 0.2) is 5.78 Å². The molecule has 306 valence electrons. The lowest BCUT2D eigenvalue weighted by Crippen LogP contribution is -2.47. The standard InChI is InChI=1S/C44H50N4O10/c1-26(49)28-16-14-27(15-17-28)24-35(38(52)56-42(2,3)4)46-36(50)34-13-11-12-30-25-32(22-23-33(30)34)55-37(51)29-18-20-31(21-19-29)45-39(47-40(53)57-43(5,6)7)48-41(54)58-44(8,9)10/h11-23,25,35H,24H2,1-10H3,(H,46,50)(H2,45,47,48,53,54)/t35-/m0/s1. The molecule has 0 fully saturated rings. The van der Waals surface area contributed by atoms with Crippen molar-refractivity contribution in [3.05, 3.63) is 107 Å². The number of guanidine groups is 1. The van der Waals surface area contributed by atoms with E-state index >= 15 is 0 Å². The number of carbonyl (C=O) groups is 6. The molecule has 0 aliphatic rings. The molecule has 0 aliphatic heterocycles. The van der Waals surface area contributed by atoms with Gasteiger partial charge in [0.25, 0.3) is 5.91 Å². The van der Waals surface area contributed by atoms with Crippen molar-refractivity contribution < 1.29 is 47.7 Å². The fraction of sp³-hybridized carbons (Fsp3) is 0.341. The number of carbonyl (C=O) groups excluding carboxylic acids is 6. The fourth-order valence-electron chi connectivity index (χ4n) is 5.29. The van der Waals surface area contributed by atoms with Crippen LogP contribution in [0.25, 0.3) is 10.8 Å². The number of Topliss-reactive ketones (excluding diaryl/α,β-unsaturated/α-hetero) is 1. The van der Waals surface area contributed by atoms with Gasteiger partial charge in [0.2, 0.25) is 5.96 Å². The highest BCUT2D eigenvalue weighted by Gasteiger charge is 2.28. The number of benzene rings is 4. The number of esters is 2. The minimum absolute atomic E-state index is 0.0877. The SMILES string of the molecule is CC(=O)c1ccc(C[C@H](NC(=O)c2cccc3cc(OC(=O)c4ccc(N=C(NC(=O)OC(C)(C)C)NC(=O)OC(C)(C)C)cc4)ccc23)C(=O)OC(C)(C)C)cc1. The minimum Gasteiger partial charge on any atom is -0.458 e. The molecule has 0 spiro atoms. The summed E-state index contributed by atoms with van der Waals surface area (Å²) in [5, 5.41) is 8.77. The van der Waals surface area contributed by atoms with Crippen LogP contribution in [0.3, 0.4) is 0 Å². The Balaban J connectivity index is 1.50. The van der Waals surface area contributed by atoms with Gasteiger partial charge < -0.3 is 24.3 Å². The highest BCUT2D eigenvalue weighted by atomic mass is 16.6. The van der Waals surface area contributed by atoms with Gasteiger partial charge in [0.05, 0.1) is 11.3 Å². The zero-order chi connectivity index (χ0) is 43.0. The first-order valence-corrected chi connectivity index (χ1v) is 18.5. The van der Waals surface area contributed by atoms with E-state index in [1.165, 1.54) is 31.2 Å². The van der Waals surface area contributed by atoms with E-state index in [0.717, 1.165) is 5.56 Å². The van der Waals surface area contributed by atoms with Gasteiger partial charge in [-0.2, -0.15) is 0 Å². The van der Waals surface area contributed by atoms with E-state index in [0.29, 0.717) is 16.3 Å². The summed E-state index contributed by atoms with van der Waals surface area (Å²) in [6.07, 6.45) is -1.58. The van der Waals surface area contributed by atoms with Gasteiger partial charge in [-0.25, -0.2) is 24.2 Å². The number of aliphatic imine (C=N–C) groups is 1. The Bertz CT molecular complexity index is 2180. The zero-order valence-electron chi connectivity index (χ0n) is 34.4. The Labute approximate surface area is 337 Å². The molecule has 58 heavy (non-hydrogen) atoms. The van der Waals surface area contributed by atoms with Crippen molar-refractivity contribution in [1.29, 1.82) is 0 Å². The Hall–Kier alpha value is -6.57. The summed E-state index contributed by atoms with van der Waals surface area (Å²) in [6, 6.07) is 21.5. The van der Waals surface area contributed by atoms with Crippen molar-refractivity contribution in [2.24, 2.45) is 4.99 Å². The van der Waals surface area contributed by atoms with Crippen LogP contribution in [-0.2, 0) is 25.4 Å². The zero-order valence-corrected chi connectivity index (χ0v) is 34.4. The van der Waals surface area contributed by atoms with Crippen LogP contribution in [0.4, 0.5) is 15.3 Å². The molecule has 4 rings (SSSR count). The van der Waals surface area contributed by atoms with E-state index in [-0.39, 0.29) is 40.7 Å². The molecule has 3 N–H and O–H groups in total. The molecule has 14 heteroatoms. The number of nitrogens with zero attached hydrogens (tertiary/aromatic N) is 1. The molecule has 0 heterocycles. The van der Waals surface area contributed by atoms with Crippen LogP contribution < -0.4 is 20.7 Å². The summed E-state index contributed by atoms with van der Waals surface area (Å²) < 4.78 is 21.8. The Morgan fingerprint density at radius 1 is 0.655 bits per heavy atom. The summed E-state index contributed by atoms with van der Waals surface area (Å²) in [5.41, 5.74) is -0.435. The van der Waals surface area contributed by atoms with Crippen LogP contribution in [0.15, 0.2) is 89.9 Å². The van der Waals surface area contributed by atoms with Crippen molar-refractivity contribution in [3.63, 3.8) is 0 Å². The number of ketones is 1. The molecular formula is C44H50N4O10. The summed E-state index contributed by atoms with van der Waals surface area (Å²) in [6.45, 7) is 16.8. The van der Waals surface area contributed by atoms with Crippen LogP contribution in [0.1, 0.15) is 106 Å². The molecule has 0 aliphatic carbocycles. The number of nitrogens with one attached hydrogen (secondary N) is 3. The number of amides is 3. The summed E-state index contributed by atoms with van der Waals surface area (Å²) in [4.78, 5) is 81.1. The molecular weight excluding hydrogens is 745 g/mol. The van der Waals surface area contributed by atoms with Crippen molar-refractivity contribution in [2.75, 3.05) is 0 Å². The largest absolute Gasteiger partial charge is 0.458 e. The van der Waals surface area contributed by atoms with Crippen molar-refractivity contribution in [3.8, 4) is 5.75 Å². The second-order valence-corrected chi connectivity index (χ2v) is 16.4. The van der Waals surface area contributed by atoms with Crippen LogP contribution in [0.5, 0.6) is 5.75 Å². The minimum atomic E-state index is -1.03. The maximum absolute atomic E-state index is 13.7. The summed E-state index contributed by atoms with van der Waals surface area (Å²) in [5.74, 6) is -1.94. The highest BCUT2D eigenvalue weighted by molar-refractivity contribution is 6.08. The van der Waals surface area contributed by atoms with E-state index < -0.39 is 52.9 Å². The topological polar surface area (TPSA) is 188 Å². The Morgan fingerprint density at radius 3 is 1.74 bits per heavy atom. The molecule has 3 amide bonds. The van der Waals surface area contributed by atoms with Gasteiger partial charge >= 0.3 is 24.1 Å². The predicted molar refractivity (Wildman–Crippen MR) is 218 cm³/mol. The van der Waals surface area contributed by atoms with Crippen molar-refractivity contribution in [1.82, 2.24) is 16.0 Å². The molecule has 0 saturated carbocycles. The van der Waals surface area contributed by atoms with Gasteiger partial charge in [0.1, 0.15) is 28.6 Å². The van der Waals surface area contributed by atoms with E-state index in [1.54, 1.807) is 123 Å². The average molecular weight is 795 g/mol. The van der Waals surface area contributed by atoms with Crippen molar-refractivity contribution in [2.45, 2.75) is 98.5 Å². The molecule has 1 atom stereocenters. The number of hydrogen-bond acceptors (Lipinski definition) is 11. The maximum Gasteiger partial charge on any atom is 0.414 e. The lowest BCUT2D eigenvalue weighted by Gasteiger charge is -2.25. The average Bonchev–Trinajstić information content (AvgIpc) is 3.09. The van der Waals surface area contributed by atoms with Crippen LogP contribution in [-0.4, -0.2) is 64.6 Å². The normalized spacial score (nSPS) is 12.0. The van der Waals surface area contributed by atoms with Crippen LogP contribution in [0, 0.1) is 0 Å². The molecule has 14 nitrogen and oxygen atoms in total. The first kappa shape index (κ1) is 44.1. The molecule has 4 aromatic rings. The molecule has 0 radical (unpaired) electrons. The monoisotopic (exact) mass is 794 g/mol. The number of rotatable bonds is 9. The second kappa shape index (κ2) is 18.1. The van der Waals surface area contributed by atoms with Crippen molar-refractivity contribution >= 4 is 58.2 Å². The van der Waals surface area contributed by atoms with Gasteiger partial charge in [-0.05, 0) is 134 Å². The highest BCUT2D eigenvalue weighted by Crippen LogP contribution is 2.26. The first-order valence-electron chi connectivity index (χ1n) is 18.5. The van der Waals surface area contributed by atoms with E-state index in [2.05, 4.69) is 20.9 Å². The molecule has 0 unspecified atom stereocenters. The van der Waals surface area contributed by atoms with E-state index in [1.807, 2.05) is 0 Å². The number of hydrogen-bond donors (Lipinski definition) is 3. The quantitative estimate of drug-likeness (QED) is 0.0374. The second-order valence-electron chi connectivity index (χ2n) is 16.4. The van der Waals surface area contributed by atoms with E-state index in [4.69, 9.17) is 18.9 Å². The third-order valence-electron chi connectivity index (χ3n) is 7.69.